The van der Waals surface area contributed by atoms with Crippen molar-refractivity contribution in [1.82, 2.24) is 0 Å². The summed E-state index contributed by atoms with van der Waals surface area (Å²) >= 11 is 1.81. The molecule has 2 aromatic rings. The van der Waals surface area contributed by atoms with Crippen LogP contribution in [0.3, 0.4) is 0 Å². The summed E-state index contributed by atoms with van der Waals surface area (Å²) in [5.74, 6) is 0. The smallest absolute Gasteiger partial charge is 0.0345 e. The van der Waals surface area contributed by atoms with Crippen molar-refractivity contribution in [3.63, 3.8) is 0 Å². The predicted octanol–water partition coefficient (Wildman–Crippen LogP) is 4.79. The lowest BCUT2D eigenvalue weighted by Crippen LogP contribution is -1.63. The van der Waals surface area contributed by atoms with Gasteiger partial charge in [-0.3, -0.25) is 0 Å². The molecule has 74 valence electrons. The summed E-state index contributed by atoms with van der Waals surface area (Å²) in [4.78, 5) is 0. The number of benzene rings is 1. The maximum absolute atomic E-state index is 2.20. The van der Waals surface area contributed by atoms with Gasteiger partial charge in [0.1, 0.15) is 0 Å². The van der Waals surface area contributed by atoms with Gasteiger partial charge in [-0.2, -0.15) is 0 Å². The summed E-state index contributed by atoms with van der Waals surface area (Å²) in [7, 11) is 0. The van der Waals surface area contributed by atoms with Crippen molar-refractivity contribution in [2.45, 2.75) is 20.8 Å². The fourth-order valence-electron chi connectivity index (χ4n) is 1.11. The zero-order chi connectivity index (χ0) is 10.4. The molecule has 1 aromatic heterocycles. The molecule has 0 atom stereocenters. The van der Waals surface area contributed by atoms with Gasteiger partial charge in [-0.25, -0.2) is 0 Å². The van der Waals surface area contributed by atoms with Gasteiger partial charge in [0.15, 0.2) is 0 Å². The van der Waals surface area contributed by atoms with Crippen LogP contribution in [0.2, 0.25) is 0 Å². The Labute approximate surface area is 89.9 Å². The molecule has 0 aliphatic heterocycles. The molecule has 1 aromatic carbocycles. The normalized spacial score (nSPS) is 10.2. The first kappa shape index (κ1) is 11.0. The minimum Gasteiger partial charge on any atom is -0.144 e. The van der Waals surface area contributed by atoms with Crippen LogP contribution in [0.1, 0.15) is 19.4 Å². The van der Waals surface area contributed by atoms with E-state index in [1.54, 1.807) is 0 Å². The van der Waals surface area contributed by atoms with E-state index in [1.165, 1.54) is 15.6 Å². The Morgan fingerprint density at radius 3 is 2.29 bits per heavy atom. The first-order valence-corrected chi connectivity index (χ1v) is 5.67. The van der Waals surface area contributed by atoms with Crippen LogP contribution in [-0.2, 0) is 0 Å². The molecular formula is C13H16S. The average Bonchev–Trinajstić information content (AvgIpc) is 2.62. The number of allylic oxidation sites excluding steroid dienone is 2. The van der Waals surface area contributed by atoms with E-state index in [-0.39, 0.29) is 0 Å². The molecule has 0 fully saturated rings. The van der Waals surface area contributed by atoms with Crippen LogP contribution in [0.25, 0.3) is 10.1 Å². The minimum absolute atomic E-state index is 1.39. The Balaban J connectivity index is 0.000000213. The monoisotopic (exact) mass is 204 g/mol. The summed E-state index contributed by atoms with van der Waals surface area (Å²) in [5, 5.41) is 3.59. The van der Waals surface area contributed by atoms with Crippen LogP contribution >= 0.6 is 11.3 Å². The van der Waals surface area contributed by atoms with E-state index in [1.807, 2.05) is 37.3 Å². The first-order valence-electron chi connectivity index (χ1n) is 4.79. The van der Waals surface area contributed by atoms with Gasteiger partial charge in [0.05, 0.1) is 0 Å². The Kier molecular flexibility index (Phi) is 4.41. The van der Waals surface area contributed by atoms with E-state index in [4.69, 9.17) is 0 Å². The Morgan fingerprint density at radius 1 is 1.07 bits per heavy atom. The molecule has 1 heterocycles. The van der Waals surface area contributed by atoms with Gasteiger partial charge in [0.25, 0.3) is 0 Å². The molecule has 0 saturated carbocycles. The van der Waals surface area contributed by atoms with Crippen LogP contribution in [0.4, 0.5) is 0 Å². The predicted molar refractivity (Wildman–Crippen MR) is 67.1 cm³/mol. The second-order valence-corrected chi connectivity index (χ2v) is 3.99. The summed E-state index contributed by atoms with van der Waals surface area (Å²) in [6.07, 6.45) is 4.00. The molecule has 2 rings (SSSR count). The van der Waals surface area contributed by atoms with Crippen LogP contribution < -0.4 is 0 Å². The third kappa shape index (κ3) is 2.71. The van der Waals surface area contributed by atoms with E-state index in [2.05, 4.69) is 36.6 Å². The van der Waals surface area contributed by atoms with E-state index >= 15 is 0 Å². The lowest BCUT2D eigenvalue weighted by Gasteiger charge is -1.86. The Morgan fingerprint density at radius 2 is 1.71 bits per heavy atom. The van der Waals surface area contributed by atoms with Gasteiger partial charge in [0, 0.05) is 4.70 Å². The quantitative estimate of drug-likeness (QED) is 0.541. The van der Waals surface area contributed by atoms with Gasteiger partial charge in [-0.05, 0) is 43.2 Å². The number of thiophene rings is 1. The van der Waals surface area contributed by atoms with E-state index < -0.39 is 0 Å². The zero-order valence-electron chi connectivity index (χ0n) is 8.95. The third-order valence-corrected chi connectivity index (χ3v) is 3.09. The molecule has 0 saturated heterocycles. The molecule has 0 N–H and O–H groups in total. The maximum Gasteiger partial charge on any atom is 0.0345 e. The molecule has 0 aliphatic rings. The highest BCUT2D eigenvalue weighted by Gasteiger charge is 1.95. The molecule has 0 amide bonds. The number of aryl methyl sites for hydroxylation is 1. The van der Waals surface area contributed by atoms with Crippen LogP contribution in [0.5, 0.6) is 0 Å². The summed E-state index contributed by atoms with van der Waals surface area (Å²) in [6.45, 7) is 6.15. The van der Waals surface area contributed by atoms with E-state index in [0.29, 0.717) is 0 Å². The van der Waals surface area contributed by atoms with Crippen molar-refractivity contribution >= 4 is 21.4 Å². The summed E-state index contributed by atoms with van der Waals surface area (Å²) < 4.78 is 1.39. The van der Waals surface area contributed by atoms with Crippen molar-refractivity contribution < 1.29 is 0 Å². The number of hydrogen-bond acceptors (Lipinski definition) is 1. The Bertz CT molecular complexity index is 406. The second-order valence-electron chi connectivity index (χ2n) is 3.08. The molecular weight excluding hydrogens is 188 g/mol. The lowest BCUT2D eigenvalue weighted by molar-refractivity contribution is 1.60. The largest absolute Gasteiger partial charge is 0.144 e. The number of fused-ring (bicyclic) bond motifs is 1. The van der Waals surface area contributed by atoms with Crippen molar-refractivity contribution in [1.29, 1.82) is 0 Å². The minimum atomic E-state index is 1.39. The zero-order valence-corrected chi connectivity index (χ0v) is 9.77. The van der Waals surface area contributed by atoms with Gasteiger partial charge in [0.2, 0.25) is 0 Å². The summed E-state index contributed by atoms with van der Waals surface area (Å²) in [6, 6.07) is 8.49. The van der Waals surface area contributed by atoms with Crippen LogP contribution in [-0.4, -0.2) is 0 Å². The SMILES string of the molecule is C/C=C\C.Cc1csc2ccccc12. The first-order chi connectivity index (χ1) is 6.79. The highest BCUT2D eigenvalue weighted by molar-refractivity contribution is 7.17. The van der Waals surface area contributed by atoms with Gasteiger partial charge in [-0.1, -0.05) is 30.4 Å². The fourth-order valence-corrected chi connectivity index (χ4v) is 2.05. The van der Waals surface area contributed by atoms with Crippen LogP contribution in [0.15, 0.2) is 41.8 Å². The molecule has 0 nitrogen and oxygen atoms in total. The maximum atomic E-state index is 2.20. The number of hydrogen-bond donors (Lipinski definition) is 0. The molecule has 0 spiro atoms. The highest BCUT2D eigenvalue weighted by Crippen LogP contribution is 2.24. The standard InChI is InChI=1S/C9H8S.C4H8/c1-7-6-10-9-5-3-2-4-8(7)9;1-3-4-2/h2-6H,1H3;3-4H,1-2H3/b;4-3-. The van der Waals surface area contributed by atoms with Crippen molar-refractivity contribution in [2.24, 2.45) is 0 Å². The van der Waals surface area contributed by atoms with Gasteiger partial charge in [-0.15, -0.1) is 11.3 Å². The average molecular weight is 204 g/mol. The summed E-state index contributed by atoms with van der Waals surface area (Å²) in [5.41, 5.74) is 1.39. The van der Waals surface area contributed by atoms with Gasteiger partial charge < -0.3 is 0 Å². The molecule has 0 aliphatic carbocycles. The van der Waals surface area contributed by atoms with E-state index in [0.717, 1.165) is 0 Å². The van der Waals surface area contributed by atoms with Gasteiger partial charge >= 0.3 is 0 Å². The molecule has 0 bridgehead atoms. The highest BCUT2D eigenvalue weighted by atomic mass is 32.1. The van der Waals surface area contributed by atoms with Crippen molar-refractivity contribution in [2.75, 3.05) is 0 Å². The third-order valence-electron chi connectivity index (χ3n) is 2.01. The van der Waals surface area contributed by atoms with Crippen LogP contribution in [0, 0.1) is 6.92 Å². The molecule has 14 heavy (non-hydrogen) atoms. The molecule has 0 unspecified atom stereocenters. The lowest BCUT2D eigenvalue weighted by atomic mass is 10.2. The van der Waals surface area contributed by atoms with Crippen molar-refractivity contribution in [3.05, 3.63) is 47.4 Å². The molecule has 0 radical (unpaired) electrons. The molecule has 1 heteroatoms. The second kappa shape index (κ2) is 5.61. The van der Waals surface area contributed by atoms with E-state index in [9.17, 15) is 0 Å². The topological polar surface area (TPSA) is 0 Å². The van der Waals surface area contributed by atoms with Crippen molar-refractivity contribution in [3.8, 4) is 0 Å². The Hall–Kier alpha value is -1.08. The number of rotatable bonds is 0. The fraction of sp³-hybridized carbons (Fsp3) is 0.231.